The van der Waals surface area contributed by atoms with Gasteiger partial charge in [-0.1, -0.05) is 29.8 Å². The van der Waals surface area contributed by atoms with Crippen LogP contribution in [0.25, 0.3) is 0 Å². The molecule has 0 radical (unpaired) electrons. The van der Waals surface area contributed by atoms with Gasteiger partial charge in [-0.2, -0.15) is 0 Å². The van der Waals surface area contributed by atoms with E-state index < -0.39 is 0 Å². The normalized spacial score (nSPS) is 10.3. The summed E-state index contributed by atoms with van der Waals surface area (Å²) in [5.74, 6) is 1.25. The van der Waals surface area contributed by atoms with E-state index >= 15 is 0 Å². The van der Waals surface area contributed by atoms with E-state index in [1.165, 1.54) is 0 Å². The summed E-state index contributed by atoms with van der Waals surface area (Å²) >= 11 is 6.03. The third-order valence-electron chi connectivity index (χ3n) is 4.10. The largest absolute Gasteiger partial charge is 0.497 e. The number of hydrogen-bond acceptors (Lipinski definition) is 4. The van der Waals surface area contributed by atoms with Crippen LogP contribution in [0.4, 0.5) is 11.5 Å². The smallest absolute Gasteiger partial charge is 0.253 e. The maximum atomic E-state index is 12.3. The van der Waals surface area contributed by atoms with Crippen molar-refractivity contribution < 1.29 is 9.53 Å². The van der Waals surface area contributed by atoms with E-state index in [0.29, 0.717) is 22.9 Å². The van der Waals surface area contributed by atoms with Gasteiger partial charge in [0.05, 0.1) is 12.7 Å². The molecule has 5 nitrogen and oxygen atoms in total. The summed E-state index contributed by atoms with van der Waals surface area (Å²) in [6, 6.07) is 16.7. The standard InChI is InChI=1S/C21H20ClN3O2/c1-14-3-7-17(22)11-19(14)25-20-10-6-16(13-23-20)21(26)24-12-15-4-8-18(27-2)9-5-15/h3-11,13H,12H2,1-2H3,(H,23,25)(H,24,26). The van der Waals surface area contributed by atoms with Gasteiger partial charge in [0.2, 0.25) is 0 Å². The zero-order chi connectivity index (χ0) is 19.2. The topological polar surface area (TPSA) is 63.2 Å². The number of carbonyl (C=O) groups is 1. The molecule has 2 aromatic carbocycles. The van der Waals surface area contributed by atoms with Gasteiger partial charge in [-0.3, -0.25) is 4.79 Å². The van der Waals surface area contributed by atoms with Crippen LogP contribution in [0.1, 0.15) is 21.5 Å². The van der Waals surface area contributed by atoms with Gasteiger partial charge in [-0.05, 0) is 54.4 Å². The number of nitrogens with zero attached hydrogens (tertiary/aromatic N) is 1. The summed E-state index contributed by atoms with van der Waals surface area (Å²) in [6.07, 6.45) is 1.55. The van der Waals surface area contributed by atoms with Gasteiger partial charge in [-0.15, -0.1) is 0 Å². The Morgan fingerprint density at radius 3 is 2.56 bits per heavy atom. The first-order chi connectivity index (χ1) is 13.0. The van der Waals surface area contributed by atoms with Crippen molar-refractivity contribution in [3.63, 3.8) is 0 Å². The van der Waals surface area contributed by atoms with Crippen molar-refractivity contribution in [3.05, 3.63) is 82.5 Å². The van der Waals surface area contributed by atoms with Gasteiger partial charge in [-0.25, -0.2) is 4.98 Å². The van der Waals surface area contributed by atoms with E-state index in [-0.39, 0.29) is 5.91 Å². The first-order valence-corrected chi connectivity index (χ1v) is 8.83. The fraction of sp³-hybridized carbons (Fsp3) is 0.143. The Labute approximate surface area is 163 Å². The Bertz CT molecular complexity index is 925. The van der Waals surface area contributed by atoms with Gasteiger partial charge in [0.15, 0.2) is 0 Å². The molecule has 3 rings (SSSR count). The van der Waals surface area contributed by atoms with Crippen molar-refractivity contribution >= 4 is 29.0 Å². The molecule has 0 spiro atoms. The second kappa shape index (κ2) is 8.56. The van der Waals surface area contributed by atoms with Gasteiger partial charge in [0, 0.05) is 23.5 Å². The molecule has 1 aromatic heterocycles. The number of amides is 1. The number of pyridine rings is 1. The summed E-state index contributed by atoms with van der Waals surface area (Å²) < 4.78 is 5.12. The average molecular weight is 382 g/mol. The summed E-state index contributed by atoms with van der Waals surface area (Å²) in [4.78, 5) is 16.6. The number of aryl methyl sites for hydroxylation is 1. The molecule has 0 atom stereocenters. The molecule has 0 unspecified atom stereocenters. The van der Waals surface area contributed by atoms with Crippen LogP contribution in [0, 0.1) is 6.92 Å². The van der Waals surface area contributed by atoms with Gasteiger partial charge in [0.25, 0.3) is 5.91 Å². The molecule has 0 fully saturated rings. The number of hydrogen-bond donors (Lipinski definition) is 2. The van der Waals surface area contributed by atoms with E-state index in [1.54, 1.807) is 25.4 Å². The molecule has 0 aliphatic carbocycles. The second-order valence-electron chi connectivity index (χ2n) is 6.05. The van der Waals surface area contributed by atoms with Crippen molar-refractivity contribution in [2.75, 3.05) is 12.4 Å². The molecule has 1 amide bonds. The zero-order valence-corrected chi connectivity index (χ0v) is 15.9. The SMILES string of the molecule is COc1ccc(CNC(=O)c2ccc(Nc3cc(Cl)ccc3C)nc2)cc1. The first-order valence-electron chi connectivity index (χ1n) is 8.45. The van der Waals surface area contributed by atoms with Crippen LogP contribution in [0.5, 0.6) is 5.75 Å². The monoisotopic (exact) mass is 381 g/mol. The minimum Gasteiger partial charge on any atom is -0.497 e. The van der Waals surface area contributed by atoms with Gasteiger partial charge >= 0.3 is 0 Å². The lowest BCUT2D eigenvalue weighted by Gasteiger charge is -2.10. The number of aromatic nitrogens is 1. The highest BCUT2D eigenvalue weighted by atomic mass is 35.5. The molecule has 0 aliphatic heterocycles. The summed E-state index contributed by atoms with van der Waals surface area (Å²) in [5, 5.41) is 6.74. The Morgan fingerprint density at radius 1 is 1.11 bits per heavy atom. The molecular weight excluding hydrogens is 362 g/mol. The molecule has 138 valence electrons. The van der Waals surface area contributed by atoms with Crippen LogP contribution in [0.3, 0.4) is 0 Å². The molecule has 3 aromatic rings. The predicted octanol–water partition coefficient (Wildman–Crippen LogP) is 4.73. The minimum absolute atomic E-state index is 0.177. The van der Waals surface area contributed by atoms with Crippen molar-refractivity contribution in [1.29, 1.82) is 0 Å². The summed E-state index contributed by atoms with van der Waals surface area (Å²) in [6.45, 7) is 2.42. The number of benzene rings is 2. The highest BCUT2D eigenvalue weighted by molar-refractivity contribution is 6.30. The maximum Gasteiger partial charge on any atom is 0.253 e. The molecule has 0 saturated heterocycles. The van der Waals surface area contributed by atoms with Crippen LogP contribution in [0.15, 0.2) is 60.8 Å². The molecule has 0 bridgehead atoms. The Balaban J connectivity index is 1.60. The lowest BCUT2D eigenvalue weighted by molar-refractivity contribution is 0.0950. The maximum absolute atomic E-state index is 12.3. The summed E-state index contributed by atoms with van der Waals surface area (Å²) in [5.41, 5.74) is 3.43. The highest BCUT2D eigenvalue weighted by Gasteiger charge is 2.07. The Kier molecular flexibility index (Phi) is 5.94. The van der Waals surface area contributed by atoms with Gasteiger partial charge < -0.3 is 15.4 Å². The Hall–Kier alpha value is -3.05. The lowest BCUT2D eigenvalue weighted by Crippen LogP contribution is -2.22. The predicted molar refractivity (Wildman–Crippen MR) is 108 cm³/mol. The van der Waals surface area contributed by atoms with E-state index in [1.807, 2.05) is 49.4 Å². The zero-order valence-electron chi connectivity index (χ0n) is 15.1. The molecule has 0 saturated carbocycles. The Morgan fingerprint density at radius 2 is 1.89 bits per heavy atom. The van der Waals surface area contributed by atoms with Gasteiger partial charge in [0.1, 0.15) is 11.6 Å². The molecule has 1 heterocycles. The van der Waals surface area contributed by atoms with E-state index in [4.69, 9.17) is 16.3 Å². The average Bonchev–Trinajstić information content (AvgIpc) is 2.70. The lowest BCUT2D eigenvalue weighted by atomic mass is 10.2. The highest BCUT2D eigenvalue weighted by Crippen LogP contribution is 2.23. The van der Waals surface area contributed by atoms with Crippen molar-refractivity contribution in [3.8, 4) is 5.75 Å². The number of anilines is 2. The first kappa shape index (κ1) is 18.7. The van der Waals surface area contributed by atoms with Crippen LogP contribution < -0.4 is 15.4 Å². The van der Waals surface area contributed by atoms with Crippen LogP contribution in [-0.2, 0) is 6.54 Å². The number of nitrogens with one attached hydrogen (secondary N) is 2. The van der Waals surface area contributed by atoms with E-state index in [9.17, 15) is 4.79 Å². The number of halogens is 1. The number of methoxy groups -OCH3 is 1. The minimum atomic E-state index is -0.177. The van der Waals surface area contributed by atoms with E-state index in [2.05, 4.69) is 15.6 Å². The molecule has 6 heteroatoms. The van der Waals surface area contributed by atoms with E-state index in [0.717, 1.165) is 22.6 Å². The third kappa shape index (κ3) is 4.99. The third-order valence-corrected chi connectivity index (χ3v) is 4.34. The fourth-order valence-electron chi connectivity index (χ4n) is 2.50. The van der Waals surface area contributed by atoms with Crippen LogP contribution in [0.2, 0.25) is 5.02 Å². The molecule has 27 heavy (non-hydrogen) atoms. The van der Waals surface area contributed by atoms with Crippen molar-refractivity contribution in [2.24, 2.45) is 0 Å². The molecular formula is C21H20ClN3O2. The number of rotatable bonds is 6. The van der Waals surface area contributed by atoms with Crippen molar-refractivity contribution in [1.82, 2.24) is 10.3 Å². The second-order valence-corrected chi connectivity index (χ2v) is 6.48. The molecule has 0 aliphatic rings. The number of ether oxygens (including phenoxy) is 1. The van der Waals surface area contributed by atoms with Crippen molar-refractivity contribution in [2.45, 2.75) is 13.5 Å². The molecule has 2 N–H and O–H groups in total. The quantitative estimate of drug-likeness (QED) is 0.648. The summed E-state index contributed by atoms with van der Waals surface area (Å²) in [7, 11) is 1.62. The number of carbonyl (C=O) groups excluding carboxylic acids is 1. The van der Waals surface area contributed by atoms with Crippen LogP contribution >= 0.6 is 11.6 Å². The fourth-order valence-corrected chi connectivity index (χ4v) is 2.67. The van der Waals surface area contributed by atoms with Crippen LogP contribution in [-0.4, -0.2) is 18.0 Å².